The Kier molecular flexibility index (Phi) is 7.12. The summed E-state index contributed by atoms with van der Waals surface area (Å²) in [5.74, 6) is 1.35. The van der Waals surface area contributed by atoms with Gasteiger partial charge in [0.15, 0.2) is 0 Å². The number of sulfonamides is 2. The van der Waals surface area contributed by atoms with Crippen molar-refractivity contribution < 1.29 is 16.8 Å². The van der Waals surface area contributed by atoms with Crippen LogP contribution in [0.3, 0.4) is 0 Å². The Hall–Kier alpha value is -1.44. The Labute approximate surface area is 173 Å². The first-order valence-corrected chi connectivity index (χ1v) is 13.5. The first kappa shape index (κ1) is 21.3. The van der Waals surface area contributed by atoms with Crippen LogP contribution in [-0.4, -0.2) is 40.3 Å². The number of anilines is 2. The number of nitrogens with one attached hydrogen (secondary N) is 4. The lowest BCUT2D eigenvalue weighted by Crippen LogP contribution is -2.24. The summed E-state index contributed by atoms with van der Waals surface area (Å²) in [6.45, 7) is 0. The number of benzene rings is 2. The van der Waals surface area contributed by atoms with E-state index in [2.05, 4.69) is 20.1 Å². The van der Waals surface area contributed by atoms with Crippen LogP contribution in [0.2, 0.25) is 0 Å². The monoisotopic (exact) mass is 460 g/mol. The summed E-state index contributed by atoms with van der Waals surface area (Å²) < 4.78 is 54.3. The van der Waals surface area contributed by atoms with Gasteiger partial charge in [-0.2, -0.15) is 0 Å². The van der Waals surface area contributed by atoms with E-state index in [1.54, 1.807) is 24.3 Å². The van der Waals surface area contributed by atoms with Crippen molar-refractivity contribution in [3.8, 4) is 0 Å². The first-order valence-electron chi connectivity index (χ1n) is 8.19. The van der Waals surface area contributed by atoms with Gasteiger partial charge < -0.3 is 10.6 Å². The van der Waals surface area contributed by atoms with Crippen molar-refractivity contribution in [3.63, 3.8) is 0 Å². The number of hydrogen-bond donors (Lipinski definition) is 4. The van der Waals surface area contributed by atoms with Gasteiger partial charge in [0, 0.05) is 11.4 Å². The van der Waals surface area contributed by atoms with Gasteiger partial charge in [0.05, 0.1) is 33.3 Å². The molecule has 8 nitrogen and oxygen atoms in total. The molecule has 0 aromatic heterocycles. The van der Waals surface area contributed by atoms with Crippen LogP contribution in [-0.2, 0) is 20.0 Å². The summed E-state index contributed by atoms with van der Waals surface area (Å²) in [5.41, 5.74) is 1.50. The van der Waals surface area contributed by atoms with Gasteiger partial charge in [-0.25, -0.2) is 26.3 Å². The maximum atomic E-state index is 12.3. The topological polar surface area (TPSA) is 116 Å². The highest BCUT2D eigenvalue weighted by Crippen LogP contribution is 2.18. The maximum Gasteiger partial charge on any atom is 0.241 e. The Balaban J connectivity index is 1.74. The van der Waals surface area contributed by atoms with Gasteiger partial charge in [-0.15, -0.1) is 23.5 Å². The molecule has 28 heavy (non-hydrogen) atoms. The van der Waals surface area contributed by atoms with Gasteiger partial charge in [0.2, 0.25) is 20.0 Å². The Morgan fingerprint density at radius 1 is 0.571 bits per heavy atom. The lowest BCUT2D eigenvalue weighted by atomic mass is 10.3. The van der Waals surface area contributed by atoms with E-state index in [0.717, 1.165) is 11.4 Å². The zero-order valence-corrected chi connectivity index (χ0v) is 18.0. The normalized spacial score (nSPS) is 20.0. The second-order valence-corrected chi connectivity index (χ2v) is 11.2. The molecule has 0 saturated carbocycles. The average molecular weight is 461 g/mol. The van der Waals surface area contributed by atoms with Crippen molar-refractivity contribution in [2.24, 2.45) is 0 Å². The SMILES string of the molecule is O=S1(=O)NCSCNc2ccc(cc2)S(=O)(=O)NCSCNc2ccc1cc2. The predicted octanol–water partition coefficient (Wildman–Crippen LogP) is 2.08. The van der Waals surface area contributed by atoms with Gasteiger partial charge in [-0.3, -0.25) is 0 Å². The molecular formula is C16H20N4O4S4. The molecule has 0 unspecified atom stereocenters. The molecule has 0 spiro atoms. The zero-order chi connectivity index (χ0) is 20.0. The quantitative estimate of drug-likeness (QED) is 0.472. The molecule has 0 atom stereocenters. The molecule has 0 fully saturated rings. The van der Waals surface area contributed by atoms with E-state index in [9.17, 15) is 16.8 Å². The number of rotatable bonds is 0. The van der Waals surface area contributed by atoms with Crippen molar-refractivity contribution in [1.29, 1.82) is 0 Å². The van der Waals surface area contributed by atoms with Gasteiger partial charge in [0.1, 0.15) is 0 Å². The first-order chi connectivity index (χ1) is 13.4. The second-order valence-electron chi connectivity index (χ2n) is 5.68. The van der Waals surface area contributed by atoms with Gasteiger partial charge in [-0.1, -0.05) is 0 Å². The van der Waals surface area contributed by atoms with E-state index in [1.807, 2.05) is 0 Å². The summed E-state index contributed by atoms with van der Waals surface area (Å²) in [5, 5.41) is 6.22. The molecule has 2 aromatic rings. The summed E-state index contributed by atoms with van der Waals surface area (Å²) in [4.78, 5) is 0.383. The molecule has 2 aromatic carbocycles. The number of hydrogen-bond acceptors (Lipinski definition) is 8. The van der Waals surface area contributed by atoms with E-state index >= 15 is 0 Å². The van der Waals surface area contributed by atoms with Crippen molar-refractivity contribution in [2.75, 3.05) is 34.1 Å². The Morgan fingerprint density at radius 2 is 0.929 bits per heavy atom. The van der Waals surface area contributed by atoms with Crippen LogP contribution in [0.15, 0.2) is 58.3 Å². The lowest BCUT2D eigenvalue weighted by molar-refractivity contribution is 0.585. The van der Waals surface area contributed by atoms with E-state index < -0.39 is 20.0 Å². The van der Waals surface area contributed by atoms with E-state index in [0.29, 0.717) is 11.8 Å². The van der Waals surface area contributed by atoms with Gasteiger partial charge in [-0.05, 0) is 48.5 Å². The molecule has 12 heteroatoms. The summed E-state index contributed by atoms with van der Waals surface area (Å²) in [6, 6.07) is 12.8. The molecule has 0 amide bonds. The second kappa shape index (κ2) is 9.37. The molecule has 6 rings (SSSR count). The zero-order valence-electron chi connectivity index (χ0n) is 14.7. The van der Waals surface area contributed by atoms with Gasteiger partial charge in [0.25, 0.3) is 0 Å². The summed E-state index contributed by atoms with van der Waals surface area (Å²) in [7, 11) is -7.13. The summed E-state index contributed by atoms with van der Waals surface area (Å²) >= 11 is 2.71. The van der Waals surface area contributed by atoms with Crippen LogP contribution in [0.4, 0.5) is 11.4 Å². The highest BCUT2D eigenvalue weighted by atomic mass is 32.2. The molecule has 4 N–H and O–H groups in total. The molecule has 152 valence electrons. The van der Waals surface area contributed by atoms with Crippen LogP contribution < -0.4 is 20.1 Å². The van der Waals surface area contributed by atoms with E-state index in [-0.39, 0.29) is 21.5 Å². The molecular weight excluding hydrogens is 440 g/mol. The Bertz CT molecular complexity index is 910. The highest BCUT2D eigenvalue weighted by Gasteiger charge is 2.14. The minimum atomic E-state index is -3.57. The fourth-order valence-electron chi connectivity index (χ4n) is 2.28. The van der Waals surface area contributed by atoms with E-state index in [4.69, 9.17) is 0 Å². The third kappa shape index (κ3) is 5.78. The van der Waals surface area contributed by atoms with Gasteiger partial charge >= 0.3 is 0 Å². The Morgan fingerprint density at radius 3 is 1.29 bits per heavy atom. The predicted molar refractivity (Wildman–Crippen MR) is 115 cm³/mol. The minimum Gasteiger partial charge on any atom is -0.376 e. The van der Waals surface area contributed by atoms with Crippen LogP contribution in [0.5, 0.6) is 0 Å². The van der Waals surface area contributed by atoms with Crippen LogP contribution in [0, 0.1) is 0 Å². The summed E-state index contributed by atoms with van der Waals surface area (Å²) in [6.07, 6.45) is 0. The van der Waals surface area contributed by atoms with Crippen molar-refractivity contribution >= 4 is 54.9 Å². The molecule has 0 aliphatic carbocycles. The highest BCUT2D eigenvalue weighted by molar-refractivity contribution is 8.00. The largest absolute Gasteiger partial charge is 0.376 e. The van der Waals surface area contributed by atoms with Crippen molar-refractivity contribution in [3.05, 3.63) is 48.5 Å². The van der Waals surface area contributed by atoms with Crippen LogP contribution >= 0.6 is 23.5 Å². The van der Waals surface area contributed by atoms with Crippen LogP contribution in [0.1, 0.15) is 0 Å². The standard InChI is InChI=1S/C16H20N4O4S4/c21-27(22)15-5-1-13(2-6-15)17-9-25-12-20-28(23,24)16-7-3-14(4-8-16)18-10-26-11-19-27/h1-8,17-20H,9-12H2. The van der Waals surface area contributed by atoms with Crippen molar-refractivity contribution in [1.82, 2.24) is 9.44 Å². The lowest BCUT2D eigenvalue weighted by Gasteiger charge is -2.12. The molecule has 0 saturated heterocycles. The fourth-order valence-corrected chi connectivity index (χ4v) is 6.25. The molecule has 4 aliphatic heterocycles. The molecule has 4 bridgehead atoms. The molecule has 0 radical (unpaired) electrons. The third-order valence-electron chi connectivity index (χ3n) is 3.79. The van der Waals surface area contributed by atoms with Crippen LogP contribution in [0.25, 0.3) is 0 Å². The third-order valence-corrected chi connectivity index (χ3v) is 8.38. The van der Waals surface area contributed by atoms with E-state index in [1.165, 1.54) is 47.8 Å². The fraction of sp³-hybridized carbons (Fsp3) is 0.250. The molecule has 4 heterocycles. The minimum absolute atomic E-state index is 0.192. The van der Waals surface area contributed by atoms with Crippen molar-refractivity contribution in [2.45, 2.75) is 9.79 Å². The number of thioether (sulfide) groups is 2. The maximum absolute atomic E-state index is 12.3. The average Bonchev–Trinajstić information content (AvgIpc) is 2.67. The molecule has 4 aliphatic rings. The smallest absolute Gasteiger partial charge is 0.241 e.